The summed E-state index contributed by atoms with van der Waals surface area (Å²) in [5.74, 6) is 1.16. The molecule has 0 aliphatic rings. The number of para-hydroxylation sites is 2. The molecule has 0 aliphatic carbocycles. The van der Waals surface area contributed by atoms with Crippen LogP contribution in [-0.2, 0) is 4.79 Å². The first-order chi connectivity index (χ1) is 13.6. The summed E-state index contributed by atoms with van der Waals surface area (Å²) < 4.78 is 10.4. The Morgan fingerprint density at radius 3 is 2.57 bits per heavy atom. The van der Waals surface area contributed by atoms with Gasteiger partial charge in [0.05, 0.1) is 31.4 Å². The summed E-state index contributed by atoms with van der Waals surface area (Å²) in [7, 11) is 3.13. The van der Waals surface area contributed by atoms with Crippen LogP contribution >= 0.6 is 11.8 Å². The number of aromatic amines is 1. The molecule has 8 heteroatoms. The van der Waals surface area contributed by atoms with E-state index >= 15 is 0 Å². The average molecular weight is 397 g/mol. The Balaban J connectivity index is 1.69. The van der Waals surface area contributed by atoms with Gasteiger partial charge in [0.2, 0.25) is 5.91 Å². The third kappa shape index (κ3) is 4.92. The third-order valence-corrected chi connectivity index (χ3v) is 4.70. The topological polar surface area (TPSA) is 93.3 Å². The molecule has 0 radical (unpaired) electrons. The van der Waals surface area contributed by atoms with Gasteiger partial charge in [0, 0.05) is 11.6 Å². The van der Waals surface area contributed by atoms with E-state index in [9.17, 15) is 9.59 Å². The van der Waals surface area contributed by atoms with Gasteiger partial charge in [-0.2, -0.15) is 0 Å². The number of hydrogen-bond acceptors (Lipinski definition) is 6. The highest BCUT2D eigenvalue weighted by molar-refractivity contribution is 7.99. The fourth-order valence-electron chi connectivity index (χ4n) is 2.48. The summed E-state index contributed by atoms with van der Waals surface area (Å²) >= 11 is 1.15. The third-order valence-electron chi connectivity index (χ3n) is 3.83. The van der Waals surface area contributed by atoms with E-state index in [2.05, 4.69) is 15.3 Å². The van der Waals surface area contributed by atoms with Crippen molar-refractivity contribution in [3.8, 4) is 22.8 Å². The van der Waals surface area contributed by atoms with Crippen LogP contribution < -0.4 is 20.3 Å². The predicted octanol–water partition coefficient (Wildman–Crippen LogP) is 3.18. The number of amides is 1. The number of thioether (sulfide) groups is 1. The van der Waals surface area contributed by atoms with Gasteiger partial charge in [-0.15, -0.1) is 0 Å². The highest BCUT2D eigenvalue weighted by atomic mass is 32.2. The van der Waals surface area contributed by atoms with E-state index in [1.807, 2.05) is 24.3 Å². The number of carbonyl (C=O) groups is 1. The van der Waals surface area contributed by atoms with Crippen LogP contribution in [0.5, 0.6) is 11.5 Å². The van der Waals surface area contributed by atoms with Crippen LogP contribution in [0.2, 0.25) is 0 Å². The van der Waals surface area contributed by atoms with Crippen molar-refractivity contribution < 1.29 is 14.3 Å². The molecular formula is C20H19N3O4S. The zero-order chi connectivity index (χ0) is 19.9. The zero-order valence-corrected chi connectivity index (χ0v) is 16.2. The maximum atomic E-state index is 12.2. The molecule has 2 aromatic carbocycles. The van der Waals surface area contributed by atoms with Gasteiger partial charge in [0.15, 0.2) is 5.16 Å². The molecule has 7 nitrogen and oxygen atoms in total. The first-order valence-electron chi connectivity index (χ1n) is 8.40. The quantitative estimate of drug-likeness (QED) is 0.470. The van der Waals surface area contributed by atoms with Crippen molar-refractivity contribution in [3.05, 3.63) is 65.0 Å². The normalized spacial score (nSPS) is 10.4. The van der Waals surface area contributed by atoms with Gasteiger partial charge in [-0.1, -0.05) is 23.9 Å². The van der Waals surface area contributed by atoms with Crippen molar-refractivity contribution in [2.24, 2.45) is 0 Å². The molecule has 0 aliphatic heterocycles. The number of nitrogens with one attached hydrogen (secondary N) is 2. The molecule has 0 spiro atoms. The molecular weight excluding hydrogens is 378 g/mol. The maximum absolute atomic E-state index is 12.2. The summed E-state index contributed by atoms with van der Waals surface area (Å²) in [6.07, 6.45) is 0. The monoisotopic (exact) mass is 397 g/mol. The summed E-state index contributed by atoms with van der Waals surface area (Å²) in [5, 5.41) is 3.16. The molecule has 0 unspecified atom stereocenters. The first-order valence-corrected chi connectivity index (χ1v) is 9.39. The molecule has 0 atom stereocenters. The molecule has 1 aromatic heterocycles. The van der Waals surface area contributed by atoms with Crippen LogP contribution in [0.25, 0.3) is 11.3 Å². The summed E-state index contributed by atoms with van der Waals surface area (Å²) in [4.78, 5) is 31.3. The van der Waals surface area contributed by atoms with Gasteiger partial charge in [0.25, 0.3) is 5.56 Å². The minimum atomic E-state index is -0.284. The van der Waals surface area contributed by atoms with Crippen LogP contribution in [0.3, 0.4) is 0 Å². The standard InChI is InChI=1S/C20H19N3O4S/c1-26-14-9-7-13(8-10-14)16-11-18(24)23-20(22-16)28-12-19(25)21-15-5-3-4-6-17(15)27-2/h3-11H,12H2,1-2H3,(H,21,25)(H,22,23,24). The van der Waals surface area contributed by atoms with E-state index in [4.69, 9.17) is 9.47 Å². The van der Waals surface area contributed by atoms with Crippen molar-refractivity contribution >= 4 is 23.4 Å². The van der Waals surface area contributed by atoms with E-state index in [1.54, 1.807) is 38.5 Å². The van der Waals surface area contributed by atoms with Crippen LogP contribution in [-0.4, -0.2) is 35.8 Å². The zero-order valence-electron chi connectivity index (χ0n) is 15.4. The summed E-state index contributed by atoms with van der Waals surface area (Å²) in [6, 6.07) is 15.8. The minimum Gasteiger partial charge on any atom is -0.497 e. The Bertz CT molecular complexity index is 1020. The van der Waals surface area contributed by atoms with Crippen molar-refractivity contribution in [2.45, 2.75) is 5.16 Å². The van der Waals surface area contributed by atoms with Crippen LogP contribution in [0, 0.1) is 0 Å². The van der Waals surface area contributed by atoms with Crippen molar-refractivity contribution in [1.82, 2.24) is 9.97 Å². The molecule has 2 N–H and O–H groups in total. The Labute approximate surface area is 166 Å². The van der Waals surface area contributed by atoms with E-state index in [-0.39, 0.29) is 17.2 Å². The Kier molecular flexibility index (Phi) is 6.33. The number of rotatable bonds is 7. The molecule has 0 fully saturated rings. The second-order valence-corrected chi connectivity index (χ2v) is 6.67. The summed E-state index contributed by atoms with van der Waals surface area (Å²) in [5.41, 5.74) is 1.61. The average Bonchev–Trinajstić information content (AvgIpc) is 2.72. The highest BCUT2D eigenvalue weighted by Crippen LogP contribution is 2.24. The molecule has 1 heterocycles. The Morgan fingerprint density at radius 1 is 1.11 bits per heavy atom. The number of benzene rings is 2. The highest BCUT2D eigenvalue weighted by Gasteiger charge is 2.10. The van der Waals surface area contributed by atoms with Gasteiger partial charge >= 0.3 is 0 Å². The van der Waals surface area contributed by atoms with Crippen molar-refractivity contribution in [1.29, 1.82) is 0 Å². The molecule has 3 rings (SSSR count). The largest absolute Gasteiger partial charge is 0.497 e. The number of hydrogen-bond donors (Lipinski definition) is 2. The first kappa shape index (κ1) is 19.5. The number of ether oxygens (including phenoxy) is 2. The fraction of sp³-hybridized carbons (Fsp3) is 0.150. The van der Waals surface area contributed by atoms with E-state index < -0.39 is 0 Å². The minimum absolute atomic E-state index is 0.0903. The summed E-state index contributed by atoms with van der Waals surface area (Å²) in [6.45, 7) is 0. The molecule has 0 bridgehead atoms. The lowest BCUT2D eigenvalue weighted by molar-refractivity contribution is -0.113. The van der Waals surface area contributed by atoms with E-state index in [1.165, 1.54) is 6.07 Å². The molecule has 0 saturated carbocycles. The SMILES string of the molecule is COc1ccc(-c2cc(=O)[nH]c(SCC(=O)Nc3ccccc3OC)n2)cc1. The Morgan fingerprint density at radius 2 is 1.86 bits per heavy atom. The number of nitrogens with zero attached hydrogens (tertiary/aromatic N) is 1. The lowest BCUT2D eigenvalue weighted by atomic mass is 10.1. The van der Waals surface area contributed by atoms with Gasteiger partial charge in [-0.25, -0.2) is 4.98 Å². The lowest BCUT2D eigenvalue weighted by Gasteiger charge is -2.09. The van der Waals surface area contributed by atoms with E-state index in [0.717, 1.165) is 23.1 Å². The van der Waals surface area contributed by atoms with Gasteiger partial charge < -0.3 is 19.8 Å². The van der Waals surface area contributed by atoms with Crippen LogP contribution in [0.15, 0.2) is 64.5 Å². The van der Waals surface area contributed by atoms with Crippen molar-refractivity contribution in [3.63, 3.8) is 0 Å². The number of anilines is 1. The second kappa shape index (κ2) is 9.09. The molecule has 0 saturated heterocycles. The fourth-order valence-corrected chi connectivity index (χ4v) is 3.16. The molecule has 28 heavy (non-hydrogen) atoms. The molecule has 3 aromatic rings. The van der Waals surface area contributed by atoms with E-state index in [0.29, 0.717) is 22.3 Å². The smallest absolute Gasteiger partial charge is 0.252 e. The lowest BCUT2D eigenvalue weighted by Crippen LogP contribution is -2.16. The number of aromatic nitrogens is 2. The van der Waals surface area contributed by atoms with Gasteiger partial charge in [-0.05, 0) is 36.4 Å². The van der Waals surface area contributed by atoms with Crippen LogP contribution in [0.4, 0.5) is 5.69 Å². The molecule has 144 valence electrons. The van der Waals surface area contributed by atoms with Crippen LogP contribution in [0.1, 0.15) is 0 Å². The predicted molar refractivity (Wildman–Crippen MR) is 109 cm³/mol. The van der Waals surface area contributed by atoms with Crippen molar-refractivity contribution in [2.75, 3.05) is 25.3 Å². The number of carbonyl (C=O) groups excluding carboxylic acids is 1. The van der Waals surface area contributed by atoms with Gasteiger partial charge in [-0.3, -0.25) is 9.59 Å². The number of H-pyrrole nitrogens is 1. The number of methoxy groups -OCH3 is 2. The molecule has 1 amide bonds. The Hall–Kier alpha value is -3.26. The second-order valence-electron chi connectivity index (χ2n) is 5.70. The maximum Gasteiger partial charge on any atom is 0.252 e. The van der Waals surface area contributed by atoms with Gasteiger partial charge in [0.1, 0.15) is 11.5 Å².